The predicted molar refractivity (Wildman–Crippen MR) is 75.0 cm³/mol. The van der Waals surface area contributed by atoms with Crippen molar-refractivity contribution in [3.63, 3.8) is 0 Å². The van der Waals surface area contributed by atoms with E-state index in [9.17, 15) is 0 Å². The monoisotopic (exact) mass is 268 g/mol. The van der Waals surface area contributed by atoms with Gasteiger partial charge in [0.15, 0.2) is 0 Å². The lowest BCUT2D eigenvalue weighted by Crippen LogP contribution is -2.39. The van der Waals surface area contributed by atoms with E-state index in [1.165, 1.54) is 19.3 Å². The van der Waals surface area contributed by atoms with Crippen LogP contribution in [0, 0.1) is 5.41 Å². The number of pyridine rings is 1. The van der Waals surface area contributed by atoms with Gasteiger partial charge in [0, 0.05) is 19.3 Å². The van der Waals surface area contributed by atoms with Gasteiger partial charge in [-0.05, 0) is 29.9 Å². The molecule has 1 aliphatic heterocycles. The Bertz CT molecular complexity index is 414. The number of rotatable bonds is 3. The molecule has 1 aliphatic rings. The van der Waals surface area contributed by atoms with Crippen LogP contribution in [0.1, 0.15) is 38.7 Å². The van der Waals surface area contributed by atoms with Crippen molar-refractivity contribution in [2.75, 3.05) is 18.0 Å². The van der Waals surface area contributed by atoms with Crippen LogP contribution in [-0.2, 0) is 6.61 Å². The number of hydrogen-bond donors (Lipinski definition) is 1. The summed E-state index contributed by atoms with van der Waals surface area (Å²) in [6.07, 6.45) is 5.30. The van der Waals surface area contributed by atoms with Gasteiger partial charge < -0.3 is 10.0 Å². The highest BCUT2D eigenvalue weighted by atomic mass is 35.5. The molecule has 1 fully saturated rings. The third kappa shape index (κ3) is 2.78. The first-order chi connectivity index (χ1) is 8.58. The fraction of sp³-hybridized carbons (Fsp3) is 0.643. The van der Waals surface area contributed by atoms with Crippen LogP contribution in [0.2, 0.25) is 5.02 Å². The normalized spacial score (nSPS) is 19.0. The molecular formula is C14H21ClN2O. The molecule has 0 aliphatic carbocycles. The Morgan fingerprint density at radius 1 is 1.44 bits per heavy atom. The molecule has 2 rings (SSSR count). The Morgan fingerprint density at radius 3 is 2.61 bits per heavy atom. The number of halogens is 1. The maximum Gasteiger partial charge on any atom is 0.147 e. The van der Waals surface area contributed by atoms with E-state index in [-0.39, 0.29) is 6.61 Å². The average Bonchev–Trinajstić information content (AvgIpc) is 2.40. The minimum absolute atomic E-state index is 0.0130. The molecule has 4 heteroatoms. The fourth-order valence-corrected chi connectivity index (χ4v) is 2.71. The summed E-state index contributed by atoms with van der Waals surface area (Å²) < 4.78 is 0. The zero-order chi connectivity index (χ0) is 13.2. The molecule has 1 N–H and O–H groups in total. The van der Waals surface area contributed by atoms with Gasteiger partial charge in [0.1, 0.15) is 5.82 Å². The molecule has 1 saturated heterocycles. The second-order valence-electron chi connectivity index (χ2n) is 5.46. The number of aromatic nitrogens is 1. The molecular weight excluding hydrogens is 248 g/mol. The number of anilines is 1. The van der Waals surface area contributed by atoms with E-state index in [0.29, 0.717) is 10.4 Å². The summed E-state index contributed by atoms with van der Waals surface area (Å²) in [5.74, 6) is 0.854. The molecule has 0 saturated carbocycles. The van der Waals surface area contributed by atoms with Crippen LogP contribution in [0.3, 0.4) is 0 Å². The first kappa shape index (κ1) is 13.6. The maximum atomic E-state index is 9.05. The molecule has 0 unspecified atom stereocenters. The standard InChI is InChI=1S/C14H21ClN2O/c1-3-14(2)4-6-17(7-5-14)13-12(15)8-11(10-18)9-16-13/h8-9,18H,3-7,10H2,1-2H3. The SMILES string of the molecule is CCC1(C)CCN(c2ncc(CO)cc2Cl)CC1. The van der Waals surface area contributed by atoms with Crippen LogP contribution in [0.5, 0.6) is 0 Å². The van der Waals surface area contributed by atoms with E-state index in [4.69, 9.17) is 16.7 Å². The fourth-order valence-electron chi connectivity index (χ4n) is 2.40. The molecule has 0 amide bonds. The van der Waals surface area contributed by atoms with Crippen LogP contribution in [0.4, 0.5) is 5.82 Å². The highest BCUT2D eigenvalue weighted by Crippen LogP contribution is 2.36. The molecule has 0 radical (unpaired) electrons. The third-order valence-electron chi connectivity index (χ3n) is 4.18. The van der Waals surface area contributed by atoms with Crippen molar-refractivity contribution < 1.29 is 5.11 Å². The van der Waals surface area contributed by atoms with E-state index in [2.05, 4.69) is 23.7 Å². The summed E-state index contributed by atoms with van der Waals surface area (Å²) in [5.41, 5.74) is 1.23. The van der Waals surface area contributed by atoms with Gasteiger partial charge in [0.25, 0.3) is 0 Å². The second kappa shape index (κ2) is 5.45. The first-order valence-corrected chi connectivity index (χ1v) is 6.96. The van der Waals surface area contributed by atoms with Crippen molar-refractivity contribution in [2.24, 2.45) is 5.41 Å². The summed E-state index contributed by atoms with van der Waals surface area (Å²) in [4.78, 5) is 6.63. The maximum absolute atomic E-state index is 9.05. The largest absolute Gasteiger partial charge is 0.392 e. The summed E-state index contributed by atoms with van der Waals surface area (Å²) in [5, 5.41) is 9.69. The summed E-state index contributed by atoms with van der Waals surface area (Å²) in [6, 6.07) is 1.80. The van der Waals surface area contributed by atoms with Crippen LogP contribution in [0.15, 0.2) is 12.3 Å². The number of piperidine rings is 1. The smallest absolute Gasteiger partial charge is 0.147 e. The lowest BCUT2D eigenvalue weighted by atomic mass is 9.78. The molecule has 3 nitrogen and oxygen atoms in total. The van der Waals surface area contributed by atoms with Crippen molar-refractivity contribution in [1.82, 2.24) is 4.98 Å². The van der Waals surface area contributed by atoms with Crippen LogP contribution in [-0.4, -0.2) is 23.2 Å². The predicted octanol–water partition coefficient (Wildman–Crippen LogP) is 3.24. The zero-order valence-electron chi connectivity index (χ0n) is 11.1. The number of hydrogen-bond acceptors (Lipinski definition) is 3. The lowest BCUT2D eigenvalue weighted by molar-refractivity contribution is 0.238. The molecule has 0 spiro atoms. The Morgan fingerprint density at radius 2 is 2.11 bits per heavy atom. The highest BCUT2D eigenvalue weighted by molar-refractivity contribution is 6.33. The Balaban J connectivity index is 2.10. The van der Waals surface area contributed by atoms with Crippen LogP contribution in [0.25, 0.3) is 0 Å². The van der Waals surface area contributed by atoms with Gasteiger partial charge in [-0.2, -0.15) is 0 Å². The first-order valence-electron chi connectivity index (χ1n) is 6.58. The van der Waals surface area contributed by atoms with E-state index in [1.807, 2.05) is 0 Å². The van der Waals surface area contributed by atoms with Gasteiger partial charge in [-0.1, -0.05) is 31.9 Å². The number of nitrogens with zero attached hydrogens (tertiary/aromatic N) is 2. The summed E-state index contributed by atoms with van der Waals surface area (Å²) in [6.45, 7) is 6.62. The van der Waals surface area contributed by atoms with Crippen molar-refractivity contribution in [3.05, 3.63) is 22.8 Å². The van der Waals surface area contributed by atoms with Gasteiger partial charge in [-0.3, -0.25) is 0 Å². The summed E-state index contributed by atoms with van der Waals surface area (Å²) >= 11 is 6.23. The molecule has 2 heterocycles. The molecule has 1 aromatic rings. The van der Waals surface area contributed by atoms with E-state index >= 15 is 0 Å². The Labute approximate surface area is 114 Å². The molecule has 0 bridgehead atoms. The number of aliphatic hydroxyl groups is 1. The van der Waals surface area contributed by atoms with E-state index < -0.39 is 0 Å². The van der Waals surface area contributed by atoms with Crippen molar-refractivity contribution in [2.45, 2.75) is 39.7 Å². The molecule has 0 atom stereocenters. The molecule has 18 heavy (non-hydrogen) atoms. The topological polar surface area (TPSA) is 36.4 Å². The van der Waals surface area contributed by atoms with Crippen molar-refractivity contribution in [3.8, 4) is 0 Å². The van der Waals surface area contributed by atoms with Crippen LogP contribution >= 0.6 is 11.6 Å². The molecule has 0 aromatic carbocycles. The molecule has 100 valence electrons. The van der Waals surface area contributed by atoms with Crippen molar-refractivity contribution >= 4 is 17.4 Å². The Hall–Kier alpha value is -0.800. The van der Waals surface area contributed by atoms with Gasteiger partial charge >= 0.3 is 0 Å². The van der Waals surface area contributed by atoms with Gasteiger partial charge in [-0.25, -0.2) is 4.98 Å². The van der Waals surface area contributed by atoms with Gasteiger partial charge in [0.2, 0.25) is 0 Å². The lowest BCUT2D eigenvalue weighted by Gasteiger charge is -2.39. The quantitative estimate of drug-likeness (QED) is 0.914. The minimum atomic E-state index is -0.0130. The van der Waals surface area contributed by atoms with E-state index in [0.717, 1.165) is 24.5 Å². The van der Waals surface area contributed by atoms with E-state index in [1.54, 1.807) is 12.3 Å². The third-order valence-corrected chi connectivity index (χ3v) is 4.46. The number of aliphatic hydroxyl groups excluding tert-OH is 1. The molecule has 1 aromatic heterocycles. The zero-order valence-corrected chi connectivity index (χ0v) is 11.9. The van der Waals surface area contributed by atoms with Gasteiger partial charge in [0.05, 0.1) is 11.6 Å². The Kier molecular flexibility index (Phi) is 4.13. The summed E-state index contributed by atoms with van der Waals surface area (Å²) in [7, 11) is 0. The van der Waals surface area contributed by atoms with Crippen molar-refractivity contribution in [1.29, 1.82) is 0 Å². The van der Waals surface area contributed by atoms with Crippen LogP contribution < -0.4 is 4.90 Å². The van der Waals surface area contributed by atoms with Gasteiger partial charge in [-0.15, -0.1) is 0 Å². The second-order valence-corrected chi connectivity index (χ2v) is 5.87. The highest BCUT2D eigenvalue weighted by Gasteiger charge is 2.29. The minimum Gasteiger partial charge on any atom is -0.392 e. The average molecular weight is 269 g/mol.